The Bertz CT molecular complexity index is 834. The van der Waals surface area contributed by atoms with Gasteiger partial charge in [0.25, 0.3) is 0 Å². The third-order valence-electron chi connectivity index (χ3n) is 5.57. The number of carbonyl (C=O) groups is 1. The molecule has 0 N–H and O–H groups in total. The van der Waals surface area contributed by atoms with E-state index in [2.05, 4.69) is 30.1 Å². The van der Waals surface area contributed by atoms with Crippen molar-refractivity contribution >= 4 is 6.09 Å². The summed E-state index contributed by atoms with van der Waals surface area (Å²) in [6.45, 7) is 4.25. The second-order valence-corrected chi connectivity index (χ2v) is 7.80. The Kier molecular flexibility index (Phi) is 7.74. The minimum absolute atomic E-state index is 0.150. The predicted octanol–water partition coefficient (Wildman–Crippen LogP) is 4.63. The van der Waals surface area contributed by atoms with Crippen LogP contribution in [0.5, 0.6) is 0 Å². The van der Waals surface area contributed by atoms with Crippen molar-refractivity contribution in [3.8, 4) is 0 Å². The lowest BCUT2D eigenvalue weighted by atomic mass is 9.98. The van der Waals surface area contributed by atoms with E-state index in [0.717, 1.165) is 57.1 Å². The molecule has 0 radical (unpaired) electrons. The minimum atomic E-state index is -1.42. The Morgan fingerprint density at radius 2 is 1.60 bits per heavy atom. The highest BCUT2D eigenvalue weighted by Crippen LogP contribution is 2.20. The van der Waals surface area contributed by atoms with Crippen LogP contribution < -0.4 is 0 Å². The lowest BCUT2D eigenvalue weighted by Gasteiger charge is -2.31. The molecule has 2 aromatic rings. The molecule has 7 heteroatoms. The summed E-state index contributed by atoms with van der Waals surface area (Å²) in [6.07, 6.45) is 3.04. The fourth-order valence-corrected chi connectivity index (χ4v) is 3.64. The number of benzene rings is 2. The molecule has 0 unspecified atom stereocenters. The van der Waals surface area contributed by atoms with Crippen LogP contribution in [0.1, 0.15) is 24.0 Å². The van der Waals surface area contributed by atoms with Crippen LogP contribution in [0.2, 0.25) is 0 Å². The van der Waals surface area contributed by atoms with Gasteiger partial charge >= 0.3 is 6.09 Å². The number of nitrogens with zero attached hydrogens (tertiary/aromatic N) is 2. The van der Waals surface area contributed by atoms with Gasteiger partial charge in [0, 0.05) is 13.1 Å². The van der Waals surface area contributed by atoms with Crippen molar-refractivity contribution in [1.29, 1.82) is 0 Å². The molecule has 2 aliphatic rings. The minimum Gasteiger partial charge on any atom is -0.449 e. The SMILES string of the molecule is CN1CCC(COC(=O)N2CCc3ccccc3C2)CC1.Fc1cccc(F)c1F. The number of hydrogen-bond donors (Lipinski definition) is 0. The first-order valence-electron chi connectivity index (χ1n) is 10.2. The molecule has 0 aromatic heterocycles. The molecule has 2 heterocycles. The van der Waals surface area contributed by atoms with Crippen molar-refractivity contribution in [2.24, 2.45) is 5.92 Å². The number of carbonyl (C=O) groups excluding carboxylic acids is 1. The summed E-state index contributed by atoms with van der Waals surface area (Å²) < 4.78 is 41.4. The van der Waals surface area contributed by atoms with Gasteiger partial charge in [0.2, 0.25) is 0 Å². The summed E-state index contributed by atoms with van der Waals surface area (Å²) in [4.78, 5) is 16.4. The van der Waals surface area contributed by atoms with Crippen LogP contribution >= 0.6 is 0 Å². The molecule has 1 fully saturated rings. The molecule has 2 aliphatic heterocycles. The third-order valence-corrected chi connectivity index (χ3v) is 5.57. The van der Waals surface area contributed by atoms with Gasteiger partial charge in [-0.1, -0.05) is 30.3 Å². The second-order valence-electron chi connectivity index (χ2n) is 7.80. The highest BCUT2D eigenvalue weighted by molar-refractivity contribution is 5.68. The smallest absolute Gasteiger partial charge is 0.410 e. The molecule has 0 bridgehead atoms. The molecule has 0 atom stereocenters. The van der Waals surface area contributed by atoms with E-state index in [4.69, 9.17) is 4.74 Å². The van der Waals surface area contributed by atoms with E-state index in [1.807, 2.05) is 11.0 Å². The fraction of sp³-hybridized carbons (Fsp3) is 0.435. The predicted molar refractivity (Wildman–Crippen MR) is 108 cm³/mol. The molecule has 1 saturated heterocycles. The first kappa shape index (κ1) is 22.2. The topological polar surface area (TPSA) is 32.8 Å². The van der Waals surface area contributed by atoms with E-state index >= 15 is 0 Å². The Morgan fingerprint density at radius 3 is 2.23 bits per heavy atom. The number of amides is 1. The van der Waals surface area contributed by atoms with Gasteiger partial charge in [0.15, 0.2) is 17.5 Å². The number of hydrogen-bond acceptors (Lipinski definition) is 3. The Labute approximate surface area is 175 Å². The number of rotatable bonds is 2. The molecule has 4 rings (SSSR count). The van der Waals surface area contributed by atoms with Crippen molar-refractivity contribution in [1.82, 2.24) is 9.80 Å². The standard InChI is InChI=1S/C17H24N2O2.C6H3F3/c1-18-9-6-14(7-10-18)13-21-17(20)19-11-8-15-4-2-3-5-16(15)12-19;7-4-2-1-3-5(8)6(4)9/h2-5,14H,6-13H2,1H3;1-3H. The van der Waals surface area contributed by atoms with Crippen molar-refractivity contribution in [3.05, 3.63) is 71.0 Å². The second kappa shape index (κ2) is 10.5. The number of ether oxygens (including phenoxy) is 1. The molecule has 30 heavy (non-hydrogen) atoms. The Balaban J connectivity index is 0.000000239. The van der Waals surface area contributed by atoms with Crippen LogP contribution in [-0.4, -0.2) is 49.2 Å². The van der Waals surface area contributed by atoms with E-state index in [1.165, 1.54) is 11.1 Å². The Hall–Kier alpha value is -2.54. The average molecular weight is 420 g/mol. The third kappa shape index (κ3) is 5.98. The maximum atomic E-state index is 12.2. The molecule has 4 nitrogen and oxygen atoms in total. The first-order valence-corrected chi connectivity index (χ1v) is 10.2. The summed E-state index contributed by atoms with van der Waals surface area (Å²) >= 11 is 0. The molecule has 1 amide bonds. The van der Waals surface area contributed by atoms with Crippen molar-refractivity contribution in [2.45, 2.75) is 25.8 Å². The van der Waals surface area contributed by atoms with Crippen LogP contribution in [0.3, 0.4) is 0 Å². The van der Waals surface area contributed by atoms with Crippen LogP contribution in [0.25, 0.3) is 0 Å². The zero-order valence-corrected chi connectivity index (χ0v) is 17.1. The molecule has 162 valence electrons. The lowest BCUT2D eigenvalue weighted by molar-refractivity contribution is 0.0697. The lowest BCUT2D eigenvalue weighted by Crippen LogP contribution is -2.38. The van der Waals surface area contributed by atoms with Crippen molar-refractivity contribution in [3.63, 3.8) is 0 Å². The number of fused-ring (bicyclic) bond motifs is 1. The van der Waals surface area contributed by atoms with Crippen molar-refractivity contribution < 1.29 is 22.7 Å². The van der Waals surface area contributed by atoms with Crippen LogP contribution in [0.4, 0.5) is 18.0 Å². The molecule has 2 aromatic carbocycles. The molecule has 0 saturated carbocycles. The van der Waals surface area contributed by atoms with E-state index in [-0.39, 0.29) is 6.09 Å². The van der Waals surface area contributed by atoms with Crippen LogP contribution in [-0.2, 0) is 17.7 Å². The van der Waals surface area contributed by atoms with Gasteiger partial charge in [0.1, 0.15) is 0 Å². The quantitative estimate of drug-likeness (QED) is 0.665. The number of piperidine rings is 1. The van der Waals surface area contributed by atoms with Gasteiger partial charge in [-0.15, -0.1) is 0 Å². The fourth-order valence-electron chi connectivity index (χ4n) is 3.64. The van der Waals surface area contributed by atoms with Gasteiger partial charge in [-0.05, 0) is 68.6 Å². The highest BCUT2D eigenvalue weighted by atomic mass is 19.2. The van der Waals surface area contributed by atoms with Crippen LogP contribution in [0, 0.1) is 23.4 Å². The molecule has 0 spiro atoms. The van der Waals surface area contributed by atoms with Gasteiger partial charge in [-0.2, -0.15) is 0 Å². The summed E-state index contributed by atoms with van der Waals surface area (Å²) in [5.74, 6) is -3.20. The first-order chi connectivity index (χ1) is 14.4. The molecule has 0 aliphatic carbocycles. The van der Waals surface area contributed by atoms with E-state index in [0.29, 0.717) is 19.1 Å². The molecular formula is C23H27F3N2O2. The Morgan fingerprint density at radius 1 is 0.967 bits per heavy atom. The summed E-state index contributed by atoms with van der Waals surface area (Å²) in [7, 11) is 2.15. The van der Waals surface area contributed by atoms with Crippen molar-refractivity contribution in [2.75, 3.05) is 33.3 Å². The largest absolute Gasteiger partial charge is 0.449 e. The van der Waals surface area contributed by atoms with Gasteiger partial charge in [-0.25, -0.2) is 18.0 Å². The monoisotopic (exact) mass is 420 g/mol. The number of likely N-dealkylation sites (tertiary alicyclic amines) is 1. The highest BCUT2D eigenvalue weighted by Gasteiger charge is 2.23. The van der Waals surface area contributed by atoms with Crippen LogP contribution in [0.15, 0.2) is 42.5 Å². The van der Waals surface area contributed by atoms with Gasteiger partial charge in [-0.3, -0.25) is 0 Å². The normalized spacial score (nSPS) is 17.0. The van der Waals surface area contributed by atoms with Gasteiger partial charge in [0.05, 0.1) is 6.61 Å². The van der Waals surface area contributed by atoms with Gasteiger partial charge < -0.3 is 14.5 Å². The summed E-state index contributed by atoms with van der Waals surface area (Å²) in [6, 6.07) is 11.2. The maximum absolute atomic E-state index is 12.2. The number of halogens is 3. The van der Waals surface area contributed by atoms with E-state index < -0.39 is 17.5 Å². The summed E-state index contributed by atoms with van der Waals surface area (Å²) in [5, 5.41) is 0. The van der Waals surface area contributed by atoms with E-state index in [9.17, 15) is 18.0 Å². The average Bonchev–Trinajstić information content (AvgIpc) is 2.77. The molecular weight excluding hydrogens is 393 g/mol. The zero-order valence-electron chi connectivity index (χ0n) is 17.1. The summed E-state index contributed by atoms with van der Waals surface area (Å²) in [5.41, 5.74) is 2.61. The van der Waals surface area contributed by atoms with E-state index in [1.54, 1.807) is 0 Å². The maximum Gasteiger partial charge on any atom is 0.410 e. The zero-order chi connectivity index (χ0) is 21.5.